The molecule has 1 atom stereocenters. The van der Waals surface area contributed by atoms with E-state index in [9.17, 15) is 17.2 Å². The Hall–Kier alpha value is -1.35. The van der Waals surface area contributed by atoms with Gasteiger partial charge in [0.25, 0.3) is 0 Å². The number of benzene rings is 1. The highest BCUT2D eigenvalue weighted by Crippen LogP contribution is 2.21. The molecule has 8 heteroatoms. The van der Waals surface area contributed by atoms with E-state index in [1.165, 1.54) is 11.3 Å². The van der Waals surface area contributed by atoms with Crippen LogP contribution in [-0.2, 0) is 10.0 Å². The first-order chi connectivity index (χ1) is 10.3. The van der Waals surface area contributed by atoms with Gasteiger partial charge in [-0.25, -0.2) is 21.9 Å². The molecule has 2 rings (SSSR count). The van der Waals surface area contributed by atoms with Crippen LogP contribution in [0, 0.1) is 11.6 Å². The molecule has 0 aliphatic rings. The van der Waals surface area contributed by atoms with Crippen LogP contribution < -0.4 is 4.72 Å². The summed E-state index contributed by atoms with van der Waals surface area (Å²) in [7, 11) is -0.484. The maximum Gasteiger partial charge on any atom is 0.243 e. The number of hydrogen-bond donors (Lipinski definition) is 1. The van der Waals surface area contributed by atoms with Gasteiger partial charge in [0.05, 0.1) is 0 Å². The van der Waals surface area contributed by atoms with Crippen LogP contribution in [0.15, 0.2) is 39.9 Å². The van der Waals surface area contributed by atoms with E-state index in [0.29, 0.717) is 6.07 Å². The first-order valence-electron chi connectivity index (χ1n) is 6.44. The molecule has 120 valence electrons. The lowest BCUT2D eigenvalue weighted by atomic mass is 10.1. The molecule has 0 saturated heterocycles. The highest BCUT2D eigenvalue weighted by Gasteiger charge is 2.23. The summed E-state index contributed by atoms with van der Waals surface area (Å²) in [5.74, 6) is -1.78. The quantitative estimate of drug-likeness (QED) is 0.875. The molecule has 0 fully saturated rings. The number of halogens is 2. The zero-order valence-electron chi connectivity index (χ0n) is 12.1. The normalized spacial score (nSPS) is 13.5. The van der Waals surface area contributed by atoms with Gasteiger partial charge < -0.3 is 4.90 Å². The van der Waals surface area contributed by atoms with Gasteiger partial charge in [0.1, 0.15) is 16.5 Å². The average Bonchev–Trinajstić information content (AvgIpc) is 2.95. The molecular weight excluding hydrogens is 330 g/mol. The van der Waals surface area contributed by atoms with E-state index in [1.807, 2.05) is 35.8 Å². The van der Waals surface area contributed by atoms with E-state index in [4.69, 9.17) is 0 Å². The van der Waals surface area contributed by atoms with Crippen LogP contribution in [0.1, 0.15) is 11.6 Å². The SMILES string of the molecule is CN(C)C(CNS(=O)(=O)c1cc(F)ccc1F)c1ccsc1. The van der Waals surface area contributed by atoms with Crippen molar-refractivity contribution in [3.63, 3.8) is 0 Å². The first-order valence-corrected chi connectivity index (χ1v) is 8.87. The molecule has 1 unspecified atom stereocenters. The van der Waals surface area contributed by atoms with E-state index in [2.05, 4.69) is 4.72 Å². The Morgan fingerprint density at radius 2 is 2.00 bits per heavy atom. The van der Waals surface area contributed by atoms with E-state index >= 15 is 0 Å². The Labute approximate surface area is 132 Å². The molecule has 0 aliphatic heterocycles. The van der Waals surface area contributed by atoms with Crippen LogP contribution in [0.25, 0.3) is 0 Å². The number of sulfonamides is 1. The standard InChI is InChI=1S/C14H16F2N2O2S2/c1-18(2)13(10-5-6-21-9-10)8-17-22(19,20)14-7-11(15)3-4-12(14)16/h3-7,9,13,17H,8H2,1-2H3. The number of likely N-dealkylation sites (N-methyl/N-ethyl adjacent to an activating group) is 1. The lowest BCUT2D eigenvalue weighted by molar-refractivity contribution is 0.300. The average molecular weight is 346 g/mol. The van der Waals surface area contributed by atoms with Crippen molar-refractivity contribution < 1.29 is 17.2 Å². The highest BCUT2D eigenvalue weighted by molar-refractivity contribution is 7.89. The Balaban J connectivity index is 2.20. The van der Waals surface area contributed by atoms with E-state index in [-0.39, 0.29) is 12.6 Å². The van der Waals surface area contributed by atoms with Crippen LogP contribution in [0.2, 0.25) is 0 Å². The third-order valence-electron chi connectivity index (χ3n) is 3.20. The number of thiophene rings is 1. The fraction of sp³-hybridized carbons (Fsp3) is 0.286. The Bertz CT molecular complexity index is 731. The zero-order chi connectivity index (χ0) is 16.3. The fourth-order valence-corrected chi connectivity index (χ4v) is 3.85. The molecule has 0 saturated carbocycles. The zero-order valence-corrected chi connectivity index (χ0v) is 13.7. The molecule has 2 aromatic rings. The molecule has 0 spiro atoms. The Morgan fingerprint density at radius 1 is 1.27 bits per heavy atom. The van der Waals surface area contributed by atoms with Crippen LogP contribution >= 0.6 is 11.3 Å². The van der Waals surface area contributed by atoms with Gasteiger partial charge in [-0.3, -0.25) is 0 Å². The third kappa shape index (κ3) is 3.89. The summed E-state index contributed by atoms with van der Waals surface area (Å²) in [6.45, 7) is 0.0576. The van der Waals surface area contributed by atoms with Gasteiger partial charge in [-0.15, -0.1) is 0 Å². The Kier molecular flexibility index (Phi) is 5.28. The topological polar surface area (TPSA) is 49.4 Å². The molecule has 1 heterocycles. The predicted octanol–water partition coefficient (Wildman–Crippen LogP) is 2.61. The van der Waals surface area contributed by atoms with Crippen molar-refractivity contribution in [1.82, 2.24) is 9.62 Å². The second-order valence-corrected chi connectivity index (χ2v) is 7.48. The predicted molar refractivity (Wildman–Crippen MR) is 82.3 cm³/mol. The fourth-order valence-electron chi connectivity index (χ4n) is 2.01. The molecule has 22 heavy (non-hydrogen) atoms. The van der Waals surface area contributed by atoms with Gasteiger partial charge in [-0.1, -0.05) is 0 Å². The number of rotatable bonds is 6. The Morgan fingerprint density at radius 3 is 2.59 bits per heavy atom. The molecule has 1 aromatic heterocycles. The summed E-state index contributed by atoms with van der Waals surface area (Å²) >= 11 is 1.51. The molecule has 0 aliphatic carbocycles. The number of nitrogens with zero attached hydrogens (tertiary/aromatic N) is 1. The minimum Gasteiger partial charge on any atom is -0.301 e. The van der Waals surface area contributed by atoms with Crippen molar-refractivity contribution in [1.29, 1.82) is 0 Å². The monoisotopic (exact) mass is 346 g/mol. The molecule has 0 radical (unpaired) electrons. The van der Waals surface area contributed by atoms with Gasteiger partial charge in [0, 0.05) is 12.6 Å². The van der Waals surface area contributed by atoms with Gasteiger partial charge in [-0.05, 0) is 54.7 Å². The minimum atomic E-state index is -4.12. The first kappa shape index (κ1) is 17.0. The number of nitrogens with one attached hydrogen (secondary N) is 1. The van der Waals surface area contributed by atoms with Crippen LogP contribution in [0.4, 0.5) is 8.78 Å². The van der Waals surface area contributed by atoms with Crippen molar-refractivity contribution in [3.8, 4) is 0 Å². The van der Waals surface area contributed by atoms with E-state index < -0.39 is 26.6 Å². The van der Waals surface area contributed by atoms with Gasteiger partial charge >= 0.3 is 0 Å². The largest absolute Gasteiger partial charge is 0.301 e. The highest BCUT2D eigenvalue weighted by atomic mass is 32.2. The molecule has 1 N–H and O–H groups in total. The van der Waals surface area contributed by atoms with Crippen LogP contribution in [0.3, 0.4) is 0 Å². The van der Waals surface area contributed by atoms with Gasteiger partial charge in [0.2, 0.25) is 10.0 Å². The van der Waals surface area contributed by atoms with Crippen molar-refractivity contribution in [2.24, 2.45) is 0 Å². The van der Waals surface area contributed by atoms with E-state index in [0.717, 1.165) is 17.7 Å². The second-order valence-electron chi connectivity index (χ2n) is 4.96. The lowest BCUT2D eigenvalue weighted by Crippen LogP contribution is -2.34. The summed E-state index contributed by atoms with van der Waals surface area (Å²) in [4.78, 5) is 1.17. The summed E-state index contributed by atoms with van der Waals surface area (Å²) in [6, 6.07) is 4.05. The smallest absolute Gasteiger partial charge is 0.243 e. The van der Waals surface area contributed by atoms with Crippen molar-refractivity contribution in [3.05, 3.63) is 52.2 Å². The summed E-state index contributed by atoms with van der Waals surface area (Å²) in [5.41, 5.74) is 0.956. The van der Waals surface area contributed by atoms with Crippen molar-refractivity contribution in [2.45, 2.75) is 10.9 Å². The summed E-state index contributed by atoms with van der Waals surface area (Å²) < 4.78 is 53.5. The molecular formula is C14H16F2N2O2S2. The lowest BCUT2D eigenvalue weighted by Gasteiger charge is -2.24. The number of hydrogen-bond acceptors (Lipinski definition) is 4. The van der Waals surface area contributed by atoms with E-state index in [1.54, 1.807) is 0 Å². The molecule has 0 bridgehead atoms. The summed E-state index contributed by atoms with van der Waals surface area (Å²) in [5, 5.41) is 3.81. The molecule has 1 aromatic carbocycles. The van der Waals surface area contributed by atoms with Crippen molar-refractivity contribution >= 4 is 21.4 Å². The van der Waals surface area contributed by atoms with Crippen LogP contribution in [0.5, 0.6) is 0 Å². The minimum absolute atomic E-state index is 0.0576. The van der Waals surface area contributed by atoms with Gasteiger partial charge in [0.15, 0.2) is 0 Å². The van der Waals surface area contributed by atoms with Crippen LogP contribution in [-0.4, -0.2) is 34.0 Å². The van der Waals surface area contributed by atoms with Crippen molar-refractivity contribution in [2.75, 3.05) is 20.6 Å². The molecule has 4 nitrogen and oxygen atoms in total. The third-order valence-corrected chi connectivity index (χ3v) is 5.34. The second kappa shape index (κ2) is 6.82. The maximum absolute atomic E-state index is 13.6. The maximum atomic E-state index is 13.6. The van der Waals surface area contributed by atoms with Gasteiger partial charge in [-0.2, -0.15) is 11.3 Å². The summed E-state index contributed by atoms with van der Waals surface area (Å²) in [6.07, 6.45) is 0. The molecule has 0 amide bonds.